The van der Waals surface area contributed by atoms with Gasteiger partial charge in [0.05, 0.1) is 5.41 Å². The van der Waals surface area contributed by atoms with E-state index in [2.05, 4.69) is 5.32 Å². The number of aliphatic carboxylic acids is 1. The maximum absolute atomic E-state index is 12.1. The van der Waals surface area contributed by atoms with E-state index < -0.39 is 11.4 Å². The number of amides is 2. The number of para-hydroxylation sites is 1. The summed E-state index contributed by atoms with van der Waals surface area (Å²) in [6.07, 6.45) is 0.829. The smallest absolute Gasteiger partial charge is 0.321 e. The number of urea groups is 1. The number of carboxylic acids is 1. The van der Waals surface area contributed by atoms with Crippen LogP contribution in [0, 0.1) is 5.41 Å². The van der Waals surface area contributed by atoms with Crippen molar-refractivity contribution in [3.05, 3.63) is 30.3 Å². The lowest BCUT2D eigenvalue weighted by molar-refractivity contribution is -0.154. The van der Waals surface area contributed by atoms with E-state index in [9.17, 15) is 14.7 Å². The van der Waals surface area contributed by atoms with E-state index in [0.29, 0.717) is 26.1 Å². The Kier molecular flexibility index (Phi) is 4.80. The van der Waals surface area contributed by atoms with Crippen LogP contribution >= 0.6 is 0 Å². The molecule has 1 aliphatic heterocycles. The maximum Gasteiger partial charge on any atom is 0.321 e. The van der Waals surface area contributed by atoms with Gasteiger partial charge in [-0.3, -0.25) is 9.69 Å². The fourth-order valence-electron chi connectivity index (χ4n) is 2.36. The molecule has 0 unspecified atom stereocenters. The lowest BCUT2D eigenvalue weighted by Gasteiger charge is -2.33. The van der Waals surface area contributed by atoms with Crippen LogP contribution < -0.4 is 10.2 Å². The summed E-state index contributed by atoms with van der Waals surface area (Å²) < 4.78 is 5.21. The molecule has 2 N–H and O–H groups in total. The number of benzene rings is 1. The van der Waals surface area contributed by atoms with E-state index in [1.165, 1.54) is 4.90 Å². The number of hydrogen-bond donors (Lipinski definition) is 2. The number of carboxylic acid groups (broad SMARTS) is 1. The van der Waals surface area contributed by atoms with Gasteiger partial charge in [-0.2, -0.15) is 0 Å². The predicted molar refractivity (Wildman–Crippen MR) is 78.4 cm³/mol. The van der Waals surface area contributed by atoms with Gasteiger partial charge in [0.1, 0.15) is 0 Å². The Morgan fingerprint density at radius 3 is 2.48 bits per heavy atom. The maximum atomic E-state index is 12.1. The minimum atomic E-state index is -0.925. The Morgan fingerprint density at radius 2 is 1.90 bits per heavy atom. The van der Waals surface area contributed by atoms with E-state index >= 15 is 0 Å². The third kappa shape index (κ3) is 3.52. The number of nitrogens with zero attached hydrogens (tertiary/aromatic N) is 1. The molecule has 2 rings (SSSR count). The lowest BCUT2D eigenvalue weighted by Crippen LogP contribution is -2.49. The minimum Gasteiger partial charge on any atom is -0.481 e. The van der Waals surface area contributed by atoms with Crippen LogP contribution in [-0.2, 0) is 9.53 Å². The topological polar surface area (TPSA) is 78.9 Å². The van der Waals surface area contributed by atoms with Gasteiger partial charge in [-0.25, -0.2) is 4.79 Å². The number of carbonyl (C=O) groups excluding carboxylic acids is 1. The van der Waals surface area contributed by atoms with E-state index in [1.54, 1.807) is 7.05 Å². The van der Waals surface area contributed by atoms with Crippen LogP contribution in [0.5, 0.6) is 0 Å². The van der Waals surface area contributed by atoms with Crippen molar-refractivity contribution in [2.24, 2.45) is 5.41 Å². The standard InChI is InChI=1S/C15H20N2O4/c1-17(12-5-3-2-4-6-12)14(20)16-11-15(13(18)19)7-9-21-10-8-15/h2-6H,7-11H2,1H3,(H,16,20)(H,18,19). The van der Waals surface area contributed by atoms with Gasteiger partial charge in [-0.1, -0.05) is 18.2 Å². The third-order valence-electron chi connectivity index (χ3n) is 3.93. The van der Waals surface area contributed by atoms with Gasteiger partial charge in [0.15, 0.2) is 0 Å². The molecule has 0 spiro atoms. The van der Waals surface area contributed by atoms with E-state index in [4.69, 9.17) is 4.74 Å². The Morgan fingerprint density at radius 1 is 1.29 bits per heavy atom. The third-order valence-corrected chi connectivity index (χ3v) is 3.93. The molecule has 1 fully saturated rings. The molecule has 114 valence electrons. The van der Waals surface area contributed by atoms with Crippen molar-refractivity contribution in [3.8, 4) is 0 Å². The summed E-state index contributed by atoms with van der Waals surface area (Å²) >= 11 is 0. The second kappa shape index (κ2) is 6.58. The number of nitrogens with one attached hydrogen (secondary N) is 1. The van der Waals surface area contributed by atoms with Crippen molar-refractivity contribution in [1.82, 2.24) is 5.32 Å². The van der Waals surface area contributed by atoms with Gasteiger partial charge in [0.2, 0.25) is 0 Å². The molecule has 0 saturated carbocycles. The van der Waals surface area contributed by atoms with Crippen LogP contribution in [0.3, 0.4) is 0 Å². The molecule has 1 aromatic rings. The Labute approximate surface area is 123 Å². The molecule has 2 amide bonds. The van der Waals surface area contributed by atoms with Gasteiger partial charge >= 0.3 is 12.0 Å². The van der Waals surface area contributed by atoms with Gasteiger partial charge in [-0.05, 0) is 25.0 Å². The second-order valence-corrected chi connectivity index (χ2v) is 5.25. The monoisotopic (exact) mass is 292 g/mol. The molecule has 0 aromatic heterocycles. The van der Waals surface area contributed by atoms with Crippen LogP contribution in [-0.4, -0.2) is 43.9 Å². The molecular formula is C15H20N2O4. The molecule has 1 saturated heterocycles. The number of ether oxygens (including phenoxy) is 1. The lowest BCUT2D eigenvalue weighted by atomic mass is 9.80. The number of hydrogen-bond acceptors (Lipinski definition) is 3. The normalized spacial score (nSPS) is 17.0. The molecule has 1 heterocycles. The summed E-state index contributed by atoms with van der Waals surface area (Å²) in [6, 6.07) is 8.89. The van der Waals surface area contributed by atoms with Crippen LogP contribution in [0.25, 0.3) is 0 Å². The fraction of sp³-hybridized carbons (Fsp3) is 0.467. The fourth-order valence-corrected chi connectivity index (χ4v) is 2.36. The molecular weight excluding hydrogens is 272 g/mol. The highest BCUT2D eigenvalue weighted by Gasteiger charge is 2.40. The Hall–Kier alpha value is -2.08. The van der Waals surface area contributed by atoms with Crippen molar-refractivity contribution in [2.75, 3.05) is 31.7 Å². The molecule has 6 nitrogen and oxygen atoms in total. The van der Waals surface area contributed by atoms with Crippen molar-refractivity contribution < 1.29 is 19.4 Å². The zero-order valence-electron chi connectivity index (χ0n) is 12.0. The highest BCUT2D eigenvalue weighted by atomic mass is 16.5. The first-order valence-electron chi connectivity index (χ1n) is 6.93. The minimum absolute atomic E-state index is 0.113. The first kappa shape index (κ1) is 15.3. The van der Waals surface area contributed by atoms with Crippen molar-refractivity contribution in [3.63, 3.8) is 0 Å². The summed E-state index contributed by atoms with van der Waals surface area (Å²) in [5.74, 6) is -0.881. The van der Waals surface area contributed by atoms with Crippen molar-refractivity contribution in [2.45, 2.75) is 12.8 Å². The highest BCUT2D eigenvalue weighted by molar-refractivity contribution is 5.91. The molecule has 0 aliphatic carbocycles. The first-order chi connectivity index (χ1) is 10.1. The second-order valence-electron chi connectivity index (χ2n) is 5.25. The zero-order valence-corrected chi connectivity index (χ0v) is 12.0. The number of rotatable bonds is 4. The summed E-state index contributed by atoms with van der Waals surface area (Å²) in [6.45, 7) is 0.940. The molecule has 0 atom stereocenters. The zero-order chi connectivity index (χ0) is 15.3. The van der Waals surface area contributed by atoms with Gasteiger partial charge < -0.3 is 15.2 Å². The van der Waals surface area contributed by atoms with Crippen LogP contribution in [0.2, 0.25) is 0 Å². The van der Waals surface area contributed by atoms with Crippen molar-refractivity contribution in [1.29, 1.82) is 0 Å². The SMILES string of the molecule is CN(C(=O)NCC1(C(=O)O)CCOCC1)c1ccccc1. The van der Waals surface area contributed by atoms with Crippen LogP contribution in [0.1, 0.15) is 12.8 Å². The van der Waals surface area contributed by atoms with Crippen molar-refractivity contribution >= 4 is 17.7 Å². The molecule has 1 aliphatic rings. The molecule has 0 bridgehead atoms. The summed E-state index contributed by atoms with van der Waals surface area (Å²) in [4.78, 5) is 25.1. The first-order valence-corrected chi connectivity index (χ1v) is 6.93. The molecule has 6 heteroatoms. The summed E-state index contributed by atoms with van der Waals surface area (Å²) in [5.41, 5.74) is -0.169. The molecule has 21 heavy (non-hydrogen) atoms. The quantitative estimate of drug-likeness (QED) is 0.885. The van der Waals surface area contributed by atoms with Crippen LogP contribution in [0.15, 0.2) is 30.3 Å². The number of anilines is 1. The van der Waals surface area contributed by atoms with Gasteiger partial charge in [0.25, 0.3) is 0 Å². The molecule has 0 radical (unpaired) electrons. The molecule has 1 aromatic carbocycles. The van der Waals surface area contributed by atoms with E-state index in [0.717, 1.165) is 5.69 Å². The largest absolute Gasteiger partial charge is 0.481 e. The van der Waals surface area contributed by atoms with Gasteiger partial charge in [-0.15, -0.1) is 0 Å². The Bertz CT molecular complexity index is 498. The van der Waals surface area contributed by atoms with E-state index in [-0.39, 0.29) is 12.6 Å². The Balaban J connectivity index is 1.97. The highest BCUT2D eigenvalue weighted by Crippen LogP contribution is 2.30. The summed E-state index contributed by atoms with van der Waals surface area (Å²) in [7, 11) is 1.65. The summed E-state index contributed by atoms with van der Waals surface area (Å²) in [5, 5.41) is 12.2. The number of carbonyl (C=O) groups is 2. The average molecular weight is 292 g/mol. The van der Waals surface area contributed by atoms with Crippen LogP contribution in [0.4, 0.5) is 10.5 Å². The average Bonchev–Trinajstić information content (AvgIpc) is 2.53. The van der Waals surface area contributed by atoms with E-state index in [1.807, 2.05) is 30.3 Å². The van der Waals surface area contributed by atoms with Gasteiger partial charge in [0, 0.05) is 32.5 Å². The predicted octanol–water partition coefficient (Wildman–Crippen LogP) is 1.71.